The number of rotatable bonds is 4. The van der Waals surface area contributed by atoms with E-state index in [9.17, 15) is 9.59 Å². The summed E-state index contributed by atoms with van der Waals surface area (Å²) in [4.78, 5) is 23.8. The Morgan fingerprint density at radius 3 is 2.43 bits per heavy atom. The fourth-order valence-electron chi connectivity index (χ4n) is 1.95. The third-order valence-electron chi connectivity index (χ3n) is 3.11. The van der Waals surface area contributed by atoms with E-state index in [1.807, 2.05) is 0 Å². The second-order valence-corrected chi connectivity index (χ2v) is 5.38. The first-order chi connectivity index (χ1) is 10.0. The standard InChI is InChI=1S/C16H14BrNO3/c1-21-14(19)9-11-3-2-4-13(15(11)18)16(20)10-5-7-12(17)8-6-10/h2-8H,9,18H2,1H3. The van der Waals surface area contributed by atoms with Crippen LogP contribution in [-0.2, 0) is 16.0 Å². The number of hydrogen-bond acceptors (Lipinski definition) is 4. The minimum atomic E-state index is -0.394. The van der Waals surface area contributed by atoms with Gasteiger partial charge < -0.3 is 10.5 Å². The summed E-state index contributed by atoms with van der Waals surface area (Å²) < 4.78 is 5.52. The first kappa shape index (κ1) is 15.3. The molecule has 0 heterocycles. The lowest BCUT2D eigenvalue weighted by atomic mass is 9.98. The van der Waals surface area contributed by atoms with Gasteiger partial charge in [0.25, 0.3) is 0 Å². The fourth-order valence-corrected chi connectivity index (χ4v) is 2.21. The molecule has 0 radical (unpaired) electrons. The Bertz CT molecular complexity index is 680. The van der Waals surface area contributed by atoms with E-state index in [0.717, 1.165) is 4.47 Å². The number of ketones is 1. The van der Waals surface area contributed by atoms with Crippen molar-refractivity contribution in [3.05, 3.63) is 63.6 Å². The van der Waals surface area contributed by atoms with Crippen molar-refractivity contribution in [2.45, 2.75) is 6.42 Å². The molecular weight excluding hydrogens is 334 g/mol. The summed E-state index contributed by atoms with van der Waals surface area (Å²) in [6, 6.07) is 12.1. The van der Waals surface area contributed by atoms with Crippen molar-refractivity contribution >= 4 is 33.4 Å². The van der Waals surface area contributed by atoms with Gasteiger partial charge in [0.05, 0.1) is 13.5 Å². The predicted molar refractivity (Wildman–Crippen MR) is 84.1 cm³/mol. The number of nitrogen functional groups attached to an aromatic ring is 1. The van der Waals surface area contributed by atoms with Crippen LogP contribution in [0.4, 0.5) is 5.69 Å². The molecule has 2 aromatic carbocycles. The number of methoxy groups -OCH3 is 1. The van der Waals surface area contributed by atoms with E-state index < -0.39 is 5.97 Å². The Morgan fingerprint density at radius 1 is 1.14 bits per heavy atom. The van der Waals surface area contributed by atoms with Crippen LogP contribution in [0.1, 0.15) is 21.5 Å². The van der Waals surface area contributed by atoms with Crippen LogP contribution in [0.2, 0.25) is 0 Å². The van der Waals surface area contributed by atoms with Crippen LogP contribution in [0, 0.1) is 0 Å². The molecule has 0 atom stereocenters. The maximum Gasteiger partial charge on any atom is 0.310 e. The molecule has 0 aliphatic heterocycles. The smallest absolute Gasteiger partial charge is 0.310 e. The average Bonchev–Trinajstić information content (AvgIpc) is 2.49. The maximum absolute atomic E-state index is 12.5. The van der Waals surface area contributed by atoms with E-state index in [0.29, 0.717) is 22.4 Å². The van der Waals surface area contributed by atoms with Gasteiger partial charge in [-0.05, 0) is 35.9 Å². The lowest BCUT2D eigenvalue weighted by Crippen LogP contribution is -2.11. The van der Waals surface area contributed by atoms with Crippen LogP contribution in [0.5, 0.6) is 0 Å². The van der Waals surface area contributed by atoms with Gasteiger partial charge in [0.1, 0.15) is 0 Å². The first-order valence-electron chi connectivity index (χ1n) is 6.27. The van der Waals surface area contributed by atoms with Crippen LogP contribution in [-0.4, -0.2) is 18.9 Å². The molecule has 0 spiro atoms. The minimum Gasteiger partial charge on any atom is -0.469 e. The Hall–Kier alpha value is -2.14. The van der Waals surface area contributed by atoms with Crippen LogP contribution in [0.15, 0.2) is 46.9 Å². The first-order valence-corrected chi connectivity index (χ1v) is 7.06. The summed E-state index contributed by atoms with van der Waals surface area (Å²) >= 11 is 3.32. The Kier molecular flexibility index (Phi) is 4.75. The van der Waals surface area contributed by atoms with Crippen LogP contribution in [0.25, 0.3) is 0 Å². The van der Waals surface area contributed by atoms with Gasteiger partial charge in [0.15, 0.2) is 5.78 Å². The van der Waals surface area contributed by atoms with Crippen molar-refractivity contribution in [1.29, 1.82) is 0 Å². The third-order valence-corrected chi connectivity index (χ3v) is 3.64. The normalized spacial score (nSPS) is 10.2. The van der Waals surface area contributed by atoms with Crippen molar-refractivity contribution in [2.24, 2.45) is 0 Å². The molecule has 0 saturated heterocycles. The summed E-state index contributed by atoms with van der Waals surface area (Å²) in [6.45, 7) is 0. The molecule has 0 saturated carbocycles. The molecule has 2 aromatic rings. The number of carbonyl (C=O) groups is 2. The number of hydrogen-bond donors (Lipinski definition) is 1. The zero-order valence-electron chi connectivity index (χ0n) is 11.4. The zero-order valence-corrected chi connectivity index (χ0v) is 13.0. The van der Waals surface area contributed by atoms with Crippen LogP contribution in [0.3, 0.4) is 0 Å². The molecule has 21 heavy (non-hydrogen) atoms. The second-order valence-electron chi connectivity index (χ2n) is 4.47. The lowest BCUT2D eigenvalue weighted by Gasteiger charge is -2.10. The van der Waals surface area contributed by atoms with E-state index in [4.69, 9.17) is 5.73 Å². The van der Waals surface area contributed by atoms with Crippen molar-refractivity contribution in [2.75, 3.05) is 12.8 Å². The summed E-state index contributed by atoms with van der Waals surface area (Å²) in [5, 5.41) is 0. The Labute approximate surface area is 131 Å². The molecule has 0 unspecified atom stereocenters. The van der Waals surface area contributed by atoms with Gasteiger partial charge in [-0.15, -0.1) is 0 Å². The third kappa shape index (κ3) is 3.49. The van der Waals surface area contributed by atoms with Gasteiger partial charge in [0.2, 0.25) is 0 Å². The molecule has 0 aliphatic rings. The summed E-state index contributed by atoms with van der Waals surface area (Å²) in [7, 11) is 1.31. The molecule has 5 heteroatoms. The van der Waals surface area contributed by atoms with Crippen molar-refractivity contribution in [3.8, 4) is 0 Å². The number of benzene rings is 2. The molecule has 2 N–H and O–H groups in total. The van der Waals surface area contributed by atoms with Crippen LogP contribution >= 0.6 is 15.9 Å². The zero-order chi connectivity index (χ0) is 15.4. The van der Waals surface area contributed by atoms with E-state index in [1.54, 1.807) is 42.5 Å². The number of nitrogens with two attached hydrogens (primary N) is 1. The Morgan fingerprint density at radius 2 is 1.81 bits per heavy atom. The van der Waals surface area contributed by atoms with E-state index in [2.05, 4.69) is 20.7 Å². The highest BCUT2D eigenvalue weighted by Gasteiger charge is 2.16. The van der Waals surface area contributed by atoms with Gasteiger partial charge in [0, 0.05) is 21.3 Å². The molecule has 0 aromatic heterocycles. The van der Waals surface area contributed by atoms with Gasteiger partial charge in [-0.1, -0.05) is 28.1 Å². The predicted octanol–water partition coefficient (Wildman–Crippen LogP) is 2.98. The van der Waals surface area contributed by atoms with Gasteiger partial charge in [-0.25, -0.2) is 0 Å². The van der Waals surface area contributed by atoms with Crippen molar-refractivity contribution in [3.63, 3.8) is 0 Å². The number of ether oxygens (including phenoxy) is 1. The van der Waals surface area contributed by atoms with Crippen molar-refractivity contribution < 1.29 is 14.3 Å². The van der Waals surface area contributed by atoms with Gasteiger partial charge in [-0.2, -0.15) is 0 Å². The Balaban J connectivity index is 2.35. The van der Waals surface area contributed by atoms with E-state index in [1.165, 1.54) is 7.11 Å². The molecule has 0 amide bonds. The highest BCUT2D eigenvalue weighted by molar-refractivity contribution is 9.10. The summed E-state index contributed by atoms with van der Waals surface area (Å²) in [5.41, 5.74) is 7.85. The van der Waals surface area contributed by atoms with E-state index >= 15 is 0 Å². The fraction of sp³-hybridized carbons (Fsp3) is 0.125. The quantitative estimate of drug-likeness (QED) is 0.524. The van der Waals surface area contributed by atoms with Crippen LogP contribution < -0.4 is 5.73 Å². The molecule has 4 nitrogen and oxygen atoms in total. The molecule has 0 aliphatic carbocycles. The topological polar surface area (TPSA) is 69.4 Å². The number of anilines is 1. The maximum atomic E-state index is 12.5. The van der Waals surface area contributed by atoms with E-state index in [-0.39, 0.29) is 12.2 Å². The average molecular weight is 348 g/mol. The summed E-state index contributed by atoms with van der Waals surface area (Å²) in [6.07, 6.45) is 0.0454. The minimum absolute atomic E-state index is 0.0454. The monoisotopic (exact) mass is 347 g/mol. The van der Waals surface area contributed by atoms with Gasteiger partial charge in [-0.3, -0.25) is 9.59 Å². The van der Waals surface area contributed by atoms with Crippen molar-refractivity contribution in [1.82, 2.24) is 0 Å². The SMILES string of the molecule is COC(=O)Cc1cccc(C(=O)c2ccc(Br)cc2)c1N. The highest BCUT2D eigenvalue weighted by Crippen LogP contribution is 2.22. The lowest BCUT2D eigenvalue weighted by molar-refractivity contribution is -0.139. The summed E-state index contributed by atoms with van der Waals surface area (Å²) in [5.74, 6) is -0.568. The molecular formula is C16H14BrNO3. The number of carbonyl (C=O) groups excluding carboxylic acids is 2. The number of para-hydroxylation sites is 1. The molecule has 0 bridgehead atoms. The number of halogens is 1. The molecule has 108 valence electrons. The molecule has 0 fully saturated rings. The highest BCUT2D eigenvalue weighted by atomic mass is 79.9. The largest absolute Gasteiger partial charge is 0.469 e. The second kappa shape index (κ2) is 6.54. The number of esters is 1. The van der Waals surface area contributed by atoms with Gasteiger partial charge >= 0.3 is 5.97 Å². The molecule has 2 rings (SSSR count).